The van der Waals surface area contributed by atoms with Gasteiger partial charge in [0.25, 0.3) is 0 Å². The number of rotatable bonds is 4. The Morgan fingerprint density at radius 3 is 2.72 bits per heavy atom. The van der Waals surface area contributed by atoms with E-state index in [2.05, 4.69) is 11.8 Å². The van der Waals surface area contributed by atoms with Gasteiger partial charge in [-0.3, -0.25) is 0 Å². The lowest BCUT2D eigenvalue weighted by molar-refractivity contribution is -0.140. The molecule has 96 valence electrons. The number of thioether (sulfide) groups is 1. The molecule has 18 heavy (non-hydrogen) atoms. The third-order valence-electron chi connectivity index (χ3n) is 3.31. The molecule has 3 rings (SSSR count). The summed E-state index contributed by atoms with van der Waals surface area (Å²) in [5, 5.41) is 0. The highest BCUT2D eigenvalue weighted by Gasteiger charge is 2.64. The molecule has 2 fully saturated rings. The topological polar surface area (TPSA) is 38.5 Å². The van der Waals surface area contributed by atoms with Crippen LogP contribution in [0.4, 0.5) is 5.69 Å². The van der Waals surface area contributed by atoms with E-state index in [0.717, 1.165) is 17.2 Å². The van der Waals surface area contributed by atoms with Gasteiger partial charge >= 0.3 is 5.97 Å². The minimum Gasteiger partial charge on any atom is -0.497 e. The molecule has 1 aromatic rings. The predicted molar refractivity (Wildman–Crippen MR) is 71.1 cm³/mol. The van der Waals surface area contributed by atoms with Gasteiger partial charge in [0, 0.05) is 5.69 Å². The lowest BCUT2D eigenvalue weighted by atomic mass is 10.3. The van der Waals surface area contributed by atoms with Crippen LogP contribution >= 0.6 is 11.8 Å². The fourth-order valence-corrected chi connectivity index (χ4v) is 3.39. The standard InChI is InChI=1S/C13H15NO3S/c1-3-18-13-11-10(12(15)17-13)14(11)8-4-6-9(16-2)7-5-8/h4-7,10-11,13H,3H2,1-2H3/t10?,11?,13-,14?/m1/s1. The normalized spacial score (nSPS) is 28.9. The van der Waals surface area contributed by atoms with E-state index in [9.17, 15) is 4.79 Å². The Labute approximate surface area is 110 Å². The van der Waals surface area contributed by atoms with E-state index >= 15 is 0 Å². The van der Waals surface area contributed by atoms with Gasteiger partial charge in [-0.1, -0.05) is 6.92 Å². The molecule has 4 nitrogen and oxygen atoms in total. The Morgan fingerprint density at radius 2 is 2.11 bits per heavy atom. The number of anilines is 1. The fourth-order valence-electron chi connectivity index (χ4n) is 2.42. The van der Waals surface area contributed by atoms with Crippen LogP contribution in [-0.4, -0.2) is 36.4 Å². The molecule has 3 atom stereocenters. The van der Waals surface area contributed by atoms with Crippen molar-refractivity contribution >= 4 is 23.4 Å². The van der Waals surface area contributed by atoms with Crippen molar-refractivity contribution in [2.24, 2.45) is 0 Å². The maximum Gasteiger partial charge on any atom is 0.332 e. The average Bonchev–Trinajstić information content (AvgIpc) is 3.06. The van der Waals surface area contributed by atoms with Gasteiger partial charge in [0.05, 0.1) is 7.11 Å². The Balaban J connectivity index is 1.77. The summed E-state index contributed by atoms with van der Waals surface area (Å²) in [5.41, 5.74) is 1.04. The monoisotopic (exact) mass is 265 g/mol. The summed E-state index contributed by atoms with van der Waals surface area (Å²) in [7, 11) is 1.65. The van der Waals surface area contributed by atoms with Crippen LogP contribution in [0.2, 0.25) is 0 Å². The fraction of sp³-hybridized carbons (Fsp3) is 0.462. The minimum atomic E-state index is -0.0956. The number of benzene rings is 1. The number of carbonyl (C=O) groups is 1. The average molecular weight is 265 g/mol. The number of methoxy groups -OCH3 is 1. The summed E-state index contributed by atoms with van der Waals surface area (Å²) < 4.78 is 10.4. The lowest BCUT2D eigenvalue weighted by Gasteiger charge is -2.16. The van der Waals surface area contributed by atoms with Crippen LogP contribution in [0, 0.1) is 0 Å². The Kier molecular flexibility index (Phi) is 2.86. The van der Waals surface area contributed by atoms with Gasteiger partial charge in [-0.2, -0.15) is 0 Å². The van der Waals surface area contributed by atoms with Crippen LogP contribution in [0.1, 0.15) is 6.92 Å². The van der Waals surface area contributed by atoms with Crippen LogP contribution in [0.3, 0.4) is 0 Å². The van der Waals surface area contributed by atoms with Crippen LogP contribution < -0.4 is 9.64 Å². The maximum atomic E-state index is 11.7. The summed E-state index contributed by atoms with van der Waals surface area (Å²) in [4.78, 5) is 13.8. The van der Waals surface area contributed by atoms with Crippen molar-refractivity contribution in [3.8, 4) is 5.75 Å². The number of fused-ring (bicyclic) bond motifs is 1. The van der Waals surface area contributed by atoms with E-state index < -0.39 is 0 Å². The van der Waals surface area contributed by atoms with Crippen LogP contribution in [0.25, 0.3) is 0 Å². The molecule has 0 N–H and O–H groups in total. The maximum absolute atomic E-state index is 11.7. The number of esters is 1. The summed E-state index contributed by atoms with van der Waals surface area (Å²) >= 11 is 1.69. The zero-order chi connectivity index (χ0) is 12.7. The van der Waals surface area contributed by atoms with Gasteiger partial charge in [0.1, 0.15) is 11.8 Å². The molecule has 0 spiro atoms. The summed E-state index contributed by atoms with van der Waals surface area (Å²) in [6.07, 6.45) is 0. The molecule has 0 bridgehead atoms. The second-order valence-electron chi connectivity index (χ2n) is 4.30. The van der Waals surface area contributed by atoms with Gasteiger partial charge in [-0.15, -0.1) is 11.8 Å². The summed E-state index contributed by atoms with van der Waals surface area (Å²) in [6, 6.07) is 7.92. The number of hydrogen-bond acceptors (Lipinski definition) is 5. The van der Waals surface area contributed by atoms with E-state index in [0.29, 0.717) is 0 Å². The third kappa shape index (κ3) is 1.73. The molecule has 2 aliphatic heterocycles. The van der Waals surface area contributed by atoms with E-state index in [4.69, 9.17) is 9.47 Å². The molecule has 0 aromatic heterocycles. The number of ether oxygens (including phenoxy) is 2. The van der Waals surface area contributed by atoms with E-state index in [-0.39, 0.29) is 23.5 Å². The number of cyclic esters (lactones) is 1. The SMILES string of the molecule is CCS[C@H]1OC(=O)C2C1N2c1ccc(OC)cc1. The van der Waals surface area contributed by atoms with Crippen LogP contribution in [0.15, 0.2) is 24.3 Å². The Morgan fingerprint density at radius 1 is 1.39 bits per heavy atom. The van der Waals surface area contributed by atoms with Crippen molar-refractivity contribution in [2.45, 2.75) is 24.4 Å². The minimum absolute atomic E-state index is 0.0189. The Bertz CT molecular complexity index is 462. The number of hydrogen-bond donors (Lipinski definition) is 0. The van der Waals surface area contributed by atoms with Crippen molar-refractivity contribution in [1.29, 1.82) is 0 Å². The molecular formula is C13H15NO3S. The molecule has 0 aliphatic carbocycles. The molecule has 0 amide bonds. The largest absolute Gasteiger partial charge is 0.497 e. The van der Waals surface area contributed by atoms with Crippen LogP contribution in [-0.2, 0) is 9.53 Å². The van der Waals surface area contributed by atoms with Gasteiger partial charge in [-0.05, 0) is 30.0 Å². The Hall–Kier alpha value is -1.36. The highest BCUT2D eigenvalue weighted by atomic mass is 32.2. The van der Waals surface area contributed by atoms with Gasteiger partial charge in [0.2, 0.25) is 0 Å². The quantitative estimate of drug-likeness (QED) is 0.614. The molecule has 1 aromatic carbocycles. The van der Waals surface area contributed by atoms with Crippen molar-refractivity contribution in [1.82, 2.24) is 0 Å². The molecule has 5 heteroatoms. The second kappa shape index (κ2) is 4.39. The van der Waals surface area contributed by atoms with Gasteiger partial charge in [-0.25, -0.2) is 4.79 Å². The first-order valence-electron chi connectivity index (χ1n) is 6.00. The lowest BCUT2D eigenvalue weighted by Crippen LogP contribution is -2.22. The summed E-state index contributed by atoms with van der Waals surface area (Å²) in [6.45, 7) is 2.08. The molecular weight excluding hydrogens is 250 g/mol. The number of nitrogens with zero attached hydrogens (tertiary/aromatic N) is 1. The van der Waals surface area contributed by atoms with Crippen molar-refractivity contribution < 1.29 is 14.3 Å². The van der Waals surface area contributed by atoms with E-state index in [1.165, 1.54) is 0 Å². The first kappa shape index (κ1) is 11.7. The first-order chi connectivity index (χ1) is 8.76. The smallest absolute Gasteiger partial charge is 0.332 e. The molecule has 2 aliphatic rings. The molecule has 0 saturated carbocycles. The van der Waals surface area contributed by atoms with E-state index in [1.54, 1.807) is 18.9 Å². The molecule has 2 unspecified atom stereocenters. The van der Waals surface area contributed by atoms with Gasteiger partial charge < -0.3 is 14.4 Å². The van der Waals surface area contributed by atoms with Crippen LogP contribution in [0.5, 0.6) is 5.75 Å². The zero-order valence-electron chi connectivity index (χ0n) is 10.3. The summed E-state index contributed by atoms with van der Waals surface area (Å²) in [5.74, 6) is 1.69. The predicted octanol–water partition coefficient (Wildman–Crippen LogP) is 1.89. The van der Waals surface area contributed by atoms with E-state index in [1.807, 2.05) is 24.3 Å². The molecule has 2 heterocycles. The zero-order valence-corrected chi connectivity index (χ0v) is 11.1. The van der Waals surface area contributed by atoms with Gasteiger partial charge in [0.15, 0.2) is 11.5 Å². The van der Waals surface area contributed by atoms with Crippen molar-refractivity contribution in [3.05, 3.63) is 24.3 Å². The first-order valence-corrected chi connectivity index (χ1v) is 7.05. The highest BCUT2D eigenvalue weighted by molar-refractivity contribution is 7.99. The third-order valence-corrected chi connectivity index (χ3v) is 4.35. The molecule has 0 radical (unpaired) electrons. The number of morpholine rings is 1. The molecule has 2 saturated heterocycles. The highest BCUT2D eigenvalue weighted by Crippen LogP contribution is 2.47. The second-order valence-corrected chi connectivity index (χ2v) is 5.68. The van der Waals surface area contributed by atoms with Crippen molar-refractivity contribution in [2.75, 3.05) is 17.8 Å². The number of carbonyl (C=O) groups excluding carboxylic acids is 1. The van der Waals surface area contributed by atoms with Crippen molar-refractivity contribution in [3.63, 3.8) is 0 Å².